The molecule has 1 aliphatic carbocycles. The van der Waals surface area contributed by atoms with Gasteiger partial charge in [-0.1, -0.05) is 298 Å². The van der Waals surface area contributed by atoms with Gasteiger partial charge in [0.05, 0.1) is 18.3 Å². The molecule has 8 atom stereocenters. The van der Waals surface area contributed by atoms with Crippen molar-refractivity contribution in [1.82, 2.24) is 16.0 Å². The standard InChI is InChI=1S/C90H145N3O7S6/c1-6-11-16-21-26-30-37-45-52-71(50-42-35-24-19-14-9-4)68-92-87(97)89(99,84-65-82-79(104-84)55-58-102-82)74-63-77(95)75(64-76(74)94)90(100,88(98)93-69-72(51-43-36-25-20-15-10-5)53-46-38-31-27-22-17-12-7-2)85-66-83-80(105-85)56-60-106(83)59-47-40-33-29-28-32-39-44-49-70(48-41-34-23-18-13-8-3)67-91-86(96)62-73-61-81-78(103-73)54-57-101-81/h54-58,60-61,65-66,70-72,74-75,99-100,106H,6-53,59,62-64,67-69H2,1-5H3,(H,91,96)(H,92,97)(H,93,98). The number of Topliss-reactive ketones (excluding diaryl/α,β-unsaturated/α-hetero) is 2. The number of carbonyl (C=O) groups is 5. The Kier molecular flexibility index (Phi) is 44.3. The van der Waals surface area contributed by atoms with Gasteiger partial charge in [-0.25, -0.2) is 10.9 Å². The van der Waals surface area contributed by atoms with E-state index in [1.165, 1.54) is 262 Å². The van der Waals surface area contributed by atoms with Crippen LogP contribution in [0.1, 0.15) is 375 Å². The molecule has 5 aromatic heterocycles. The SMILES string of the molecule is CCCCCCCCCCC(CCCCCCCC)CNC(=O)C(O)(c1cc2c(s1)C=C[SH]2CCCCCCCCCCC(CCCCCCCC)CNC(=O)Cc1cc2sccc2s1)C1CC(=O)C(C(O)(C(=O)NCC(CCCCCCCC)CCCCCCCCCC)c2cc3sccc3s2)CC1=O. The number of carbonyl (C=O) groups excluding carboxylic acids is 5. The number of ketones is 2. The second-order valence-corrected chi connectivity index (χ2v) is 39.7. The molecule has 1 fully saturated rings. The number of thiol groups is 1. The molecule has 0 bridgehead atoms. The molecule has 1 saturated carbocycles. The molecule has 0 saturated heterocycles. The lowest BCUT2D eigenvalue weighted by Crippen LogP contribution is -2.59. The molecular formula is C90H145N3O7S6. The fraction of sp³-hybridized carbons (Fsp3) is 0.744. The Morgan fingerprint density at radius 2 is 0.764 bits per heavy atom. The molecule has 7 rings (SSSR count). The van der Waals surface area contributed by atoms with E-state index in [1.54, 1.807) is 22.7 Å². The van der Waals surface area contributed by atoms with Gasteiger partial charge in [0.2, 0.25) is 5.91 Å². The minimum absolute atomic E-state index is 0.145. The number of hydrogen-bond donors (Lipinski definition) is 6. The molecule has 2 aliphatic rings. The van der Waals surface area contributed by atoms with Crippen LogP contribution in [0.3, 0.4) is 0 Å². The number of thiophene rings is 5. The van der Waals surface area contributed by atoms with E-state index in [2.05, 4.69) is 79.6 Å². The number of rotatable bonds is 64. The number of nitrogens with one attached hydrogen (secondary N) is 3. The first kappa shape index (κ1) is 90.0. The second-order valence-electron chi connectivity index (χ2n) is 32.3. The van der Waals surface area contributed by atoms with Crippen LogP contribution in [0.4, 0.5) is 0 Å². The van der Waals surface area contributed by atoms with Gasteiger partial charge in [0, 0.05) is 75.7 Å². The summed E-state index contributed by atoms with van der Waals surface area (Å²) < 4.78 is 4.36. The highest BCUT2D eigenvalue weighted by Crippen LogP contribution is 2.54. The Morgan fingerprint density at radius 1 is 0.425 bits per heavy atom. The lowest BCUT2D eigenvalue weighted by molar-refractivity contribution is -0.168. The van der Waals surface area contributed by atoms with E-state index in [0.29, 0.717) is 35.2 Å². The van der Waals surface area contributed by atoms with Crippen molar-refractivity contribution in [2.75, 3.05) is 25.4 Å². The molecule has 3 amide bonds. The summed E-state index contributed by atoms with van der Waals surface area (Å²) in [6.07, 6.45) is 59.0. The first-order valence-electron chi connectivity index (χ1n) is 43.6. The number of hydrogen-bond acceptors (Lipinski definition) is 12. The highest BCUT2D eigenvalue weighted by atomic mass is 32.2. The lowest BCUT2D eigenvalue weighted by atomic mass is 9.66. The van der Waals surface area contributed by atoms with Gasteiger partial charge in [0.1, 0.15) is 11.6 Å². The maximum Gasteiger partial charge on any atom is 0.258 e. The average molecular weight is 1570 g/mol. The minimum Gasteiger partial charge on any atom is -0.374 e. The van der Waals surface area contributed by atoms with Crippen molar-refractivity contribution in [3.05, 3.63) is 66.0 Å². The Balaban J connectivity index is 1.01. The molecule has 6 heterocycles. The van der Waals surface area contributed by atoms with Crippen molar-refractivity contribution < 1.29 is 34.2 Å². The molecule has 0 aromatic carbocycles. The highest BCUT2D eigenvalue weighted by molar-refractivity contribution is 8.20. The average Bonchev–Trinajstić information content (AvgIpc) is 1.45. The summed E-state index contributed by atoms with van der Waals surface area (Å²) >= 11 is 7.69. The Morgan fingerprint density at radius 3 is 1.14 bits per heavy atom. The van der Waals surface area contributed by atoms with Gasteiger partial charge < -0.3 is 26.2 Å². The van der Waals surface area contributed by atoms with Gasteiger partial charge in [-0.15, -0.1) is 56.7 Å². The maximum atomic E-state index is 15.5. The molecule has 8 unspecified atom stereocenters. The zero-order chi connectivity index (χ0) is 75.5. The number of amides is 3. The van der Waals surface area contributed by atoms with Crippen molar-refractivity contribution >= 4 is 122 Å². The summed E-state index contributed by atoms with van der Waals surface area (Å²) in [5.74, 6) is -2.94. The van der Waals surface area contributed by atoms with E-state index in [0.717, 1.165) is 126 Å². The van der Waals surface area contributed by atoms with Gasteiger partial charge in [0.15, 0.2) is 11.2 Å². The third-order valence-electron chi connectivity index (χ3n) is 23.4. The van der Waals surface area contributed by atoms with E-state index in [9.17, 15) is 15.0 Å². The topological polar surface area (TPSA) is 162 Å². The number of fused-ring (bicyclic) bond motifs is 3. The quantitative estimate of drug-likeness (QED) is 0.0167. The van der Waals surface area contributed by atoms with E-state index in [-0.39, 0.29) is 17.7 Å². The van der Waals surface area contributed by atoms with Crippen LogP contribution in [0.2, 0.25) is 0 Å². The summed E-state index contributed by atoms with van der Waals surface area (Å²) in [4.78, 5) is 78.8. The molecule has 0 spiro atoms. The van der Waals surface area contributed by atoms with Crippen molar-refractivity contribution in [3.63, 3.8) is 0 Å². The number of unbranched alkanes of at least 4 members (excludes halogenated alkanes) is 36. The first-order valence-corrected chi connectivity index (χ1v) is 49.4. The Bertz CT molecular complexity index is 3210. The van der Waals surface area contributed by atoms with Crippen LogP contribution in [0.15, 0.2) is 51.4 Å². The predicted molar refractivity (Wildman–Crippen MR) is 462 cm³/mol. The van der Waals surface area contributed by atoms with Crippen LogP contribution in [0.25, 0.3) is 24.9 Å². The fourth-order valence-corrected chi connectivity index (χ4v) is 24.9. The van der Waals surface area contributed by atoms with Gasteiger partial charge in [0.25, 0.3) is 11.8 Å². The largest absolute Gasteiger partial charge is 0.374 e. The van der Waals surface area contributed by atoms with Gasteiger partial charge in [-0.05, 0) is 121 Å². The predicted octanol–water partition coefficient (Wildman–Crippen LogP) is 26.1. The van der Waals surface area contributed by atoms with Crippen molar-refractivity contribution in [3.8, 4) is 0 Å². The van der Waals surface area contributed by atoms with Gasteiger partial charge in [-0.2, -0.15) is 0 Å². The molecule has 0 radical (unpaired) electrons. The van der Waals surface area contributed by atoms with E-state index >= 15 is 19.2 Å². The first-order chi connectivity index (χ1) is 51.8. The Hall–Kier alpha value is -3.22. The highest BCUT2D eigenvalue weighted by Gasteiger charge is 2.59. The summed E-state index contributed by atoms with van der Waals surface area (Å²) in [6, 6.07) is 10.1. The van der Waals surface area contributed by atoms with Crippen LogP contribution in [0.5, 0.6) is 0 Å². The van der Waals surface area contributed by atoms with E-state index in [1.807, 2.05) is 23.6 Å². The smallest absolute Gasteiger partial charge is 0.258 e. The zero-order valence-corrected chi connectivity index (χ0v) is 71.9. The van der Waals surface area contributed by atoms with Gasteiger partial charge in [-0.3, -0.25) is 24.0 Å². The summed E-state index contributed by atoms with van der Waals surface area (Å²) in [5.41, 5.74) is -4.68. The molecule has 1 aliphatic heterocycles. The van der Waals surface area contributed by atoms with Crippen molar-refractivity contribution in [1.29, 1.82) is 0 Å². The van der Waals surface area contributed by atoms with Crippen LogP contribution in [-0.4, -0.2) is 64.9 Å². The van der Waals surface area contributed by atoms with Crippen LogP contribution in [-0.2, 0) is 41.6 Å². The third kappa shape index (κ3) is 30.4. The van der Waals surface area contributed by atoms with Crippen LogP contribution < -0.4 is 16.0 Å². The molecule has 16 heteroatoms. The van der Waals surface area contributed by atoms with Crippen molar-refractivity contribution in [2.45, 2.75) is 378 Å². The second kappa shape index (κ2) is 52.2. The zero-order valence-electron chi connectivity index (χ0n) is 66.9. The fourth-order valence-electron chi connectivity index (χ4n) is 16.6. The molecule has 106 heavy (non-hydrogen) atoms. The third-order valence-corrected chi connectivity index (χ3v) is 31.4. The molecule has 598 valence electrons. The maximum absolute atomic E-state index is 15.5. The summed E-state index contributed by atoms with van der Waals surface area (Å²) in [6.45, 7) is 12.8. The minimum atomic E-state index is -2.34. The monoisotopic (exact) mass is 1570 g/mol. The Labute approximate surface area is 666 Å². The normalized spacial score (nSPS) is 17.6. The summed E-state index contributed by atoms with van der Waals surface area (Å²) in [5, 5.41) is 43.3. The van der Waals surface area contributed by atoms with E-state index < -0.39 is 70.2 Å². The number of aliphatic hydroxyl groups is 2. The van der Waals surface area contributed by atoms with E-state index in [4.69, 9.17) is 0 Å². The van der Waals surface area contributed by atoms with Crippen LogP contribution >= 0.6 is 67.6 Å². The van der Waals surface area contributed by atoms with Crippen LogP contribution in [0, 0.1) is 29.6 Å². The molecule has 5 aromatic rings. The molecular weight excluding hydrogens is 1430 g/mol. The molecule has 10 nitrogen and oxygen atoms in total. The lowest BCUT2D eigenvalue weighted by Gasteiger charge is -2.41. The van der Waals surface area contributed by atoms with Crippen molar-refractivity contribution in [2.24, 2.45) is 29.6 Å². The molecule has 5 N–H and O–H groups in total. The summed E-state index contributed by atoms with van der Waals surface area (Å²) in [7, 11) is -0.712. The van der Waals surface area contributed by atoms with Gasteiger partial charge >= 0.3 is 0 Å².